The summed E-state index contributed by atoms with van der Waals surface area (Å²) < 4.78 is 45.0. The molecule has 0 N–H and O–H groups in total. The number of hydrogen-bond donors (Lipinski definition) is 0. The Kier molecular flexibility index (Phi) is 4.06. The number of carbonyl (C=O) groups is 1. The highest BCUT2D eigenvalue weighted by Gasteiger charge is 2.31. The summed E-state index contributed by atoms with van der Waals surface area (Å²) in [6, 6.07) is 7.52. The molecule has 0 aliphatic carbocycles. The Morgan fingerprint density at radius 2 is 1.90 bits per heavy atom. The van der Waals surface area contributed by atoms with Crippen LogP contribution in [-0.2, 0) is 0 Å². The minimum absolute atomic E-state index is 0.0104. The highest BCUT2D eigenvalue weighted by Crippen LogP contribution is 2.24. The molecule has 0 amide bonds. The van der Waals surface area contributed by atoms with Crippen LogP contribution in [0.5, 0.6) is 11.6 Å². The molecule has 0 spiro atoms. The first-order valence-electron chi connectivity index (χ1n) is 5.67. The van der Waals surface area contributed by atoms with Crippen LogP contribution in [0.15, 0.2) is 36.4 Å². The lowest BCUT2D eigenvalue weighted by atomic mass is 10.1. The van der Waals surface area contributed by atoms with E-state index in [2.05, 4.69) is 14.9 Å². The molecule has 8 heteroatoms. The highest BCUT2D eigenvalue weighted by molar-refractivity contribution is 6.07. The summed E-state index contributed by atoms with van der Waals surface area (Å²) in [5, 5.41) is 7.26. The maximum Gasteiger partial charge on any atom is 0.573 e. The quantitative estimate of drug-likeness (QED) is 0.812. The summed E-state index contributed by atoms with van der Waals surface area (Å²) in [5.74, 6) is -0.826. The number of methoxy groups -OCH3 is 1. The van der Waals surface area contributed by atoms with Crippen LogP contribution >= 0.6 is 0 Å². The van der Waals surface area contributed by atoms with E-state index in [1.54, 1.807) is 0 Å². The van der Waals surface area contributed by atoms with Gasteiger partial charge in [-0.25, -0.2) is 0 Å². The molecule has 21 heavy (non-hydrogen) atoms. The van der Waals surface area contributed by atoms with Crippen LogP contribution in [0, 0.1) is 0 Å². The zero-order chi connectivity index (χ0) is 15.5. The second-order valence-electron chi connectivity index (χ2n) is 3.87. The number of benzene rings is 1. The molecule has 1 aromatic heterocycles. The molecule has 0 atom stereocenters. The van der Waals surface area contributed by atoms with Gasteiger partial charge in [-0.1, -0.05) is 12.1 Å². The largest absolute Gasteiger partial charge is 0.573 e. The van der Waals surface area contributed by atoms with E-state index in [9.17, 15) is 18.0 Å². The van der Waals surface area contributed by atoms with Gasteiger partial charge >= 0.3 is 6.36 Å². The number of ether oxygens (including phenoxy) is 2. The summed E-state index contributed by atoms with van der Waals surface area (Å²) in [6.07, 6.45) is -4.82. The molecule has 0 saturated carbocycles. The molecule has 0 aliphatic rings. The Balaban J connectivity index is 2.24. The number of nitrogens with zero attached hydrogens (tertiary/aromatic N) is 2. The van der Waals surface area contributed by atoms with Crippen molar-refractivity contribution in [2.75, 3.05) is 7.11 Å². The standard InChI is InChI=1S/C13H9F3N2O3/c1-20-11-6-5-10(17-18-11)12(19)8-3-2-4-9(7-8)21-13(14,15)16/h2-7H,1H3. The Morgan fingerprint density at radius 1 is 1.14 bits per heavy atom. The average Bonchev–Trinajstić information content (AvgIpc) is 2.45. The van der Waals surface area contributed by atoms with Crippen LogP contribution in [0.1, 0.15) is 16.1 Å². The third kappa shape index (κ3) is 3.91. The minimum Gasteiger partial charge on any atom is -0.480 e. The Hall–Kier alpha value is -2.64. The lowest BCUT2D eigenvalue weighted by molar-refractivity contribution is -0.274. The maximum absolute atomic E-state index is 12.1. The lowest BCUT2D eigenvalue weighted by Gasteiger charge is -2.09. The van der Waals surface area contributed by atoms with E-state index >= 15 is 0 Å². The first-order chi connectivity index (χ1) is 9.89. The molecule has 0 radical (unpaired) electrons. The fourth-order valence-electron chi connectivity index (χ4n) is 1.53. The average molecular weight is 298 g/mol. The number of aromatic nitrogens is 2. The van der Waals surface area contributed by atoms with Gasteiger partial charge < -0.3 is 9.47 Å². The summed E-state index contributed by atoms with van der Waals surface area (Å²) in [4.78, 5) is 12.1. The van der Waals surface area contributed by atoms with Crippen molar-refractivity contribution in [3.8, 4) is 11.6 Å². The van der Waals surface area contributed by atoms with Crippen molar-refractivity contribution in [1.82, 2.24) is 10.2 Å². The molecule has 5 nitrogen and oxygen atoms in total. The topological polar surface area (TPSA) is 61.3 Å². The second kappa shape index (κ2) is 5.78. The van der Waals surface area contributed by atoms with Crippen molar-refractivity contribution in [2.45, 2.75) is 6.36 Å². The van der Waals surface area contributed by atoms with E-state index in [1.165, 1.54) is 31.4 Å². The monoisotopic (exact) mass is 298 g/mol. The van der Waals surface area contributed by atoms with Gasteiger partial charge in [-0.05, 0) is 18.2 Å². The predicted molar refractivity (Wildman–Crippen MR) is 65.1 cm³/mol. The molecule has 1 aromatic carbocycles. The van der Waals surface area contributed by atoms with Crippen LogP contribution < -0.4 is 9.47 Å². The van der Waals surface area contributed by atoms with E-state index in [0.29, 0.717) is 0 Å². The van der Waals surface area contributed by atoms with E-state index < -0.39 is 17.9 Å². The first-order valence-corrected chi connectivity index (χ1v) is 5.67. The van der Waals surface area contributed by atoms with Crippen LogP contribution in [0.4, 0.5) is 13.2 Å². The van der Waals surface area contributed by atoms with Crippen LogP contribution in [0.2, 0.25) is 0 Å². The molecule has 0 aliphatic heterocycles. The fraction of sp³-hybridized carbons (Fsp3) is 0.154. The Bertz CT molecular complexity index is 642. The number of rotatable bonds is 4. The van der Waals surface area contributed by atoms with Crippen molar-refractivity contribution in [1.29, 1.82) is 0 Å². The summed E-state index contributed by atoms with van der Waals surface area (Å²) in [7, 11) is 1.39. The molecule has 0 fully saturated rings. The van der Waals surface area contributed by atoms with Crippen molar-refractivity contribution in [3.63, 3.8) is 0 Å². The van der Waals surface area contributed by atoms with Crippen LogP contribution in [0.25, 0.3) is 0 Å². The maximum atomic E-state index is 12.1. The summed E-state index contributed by atoms with van der Waals surface area (Å²) in [6.45, 7) is 0. The van der Waals surface area contributed by atoms with Gasteiger partial charge in [0.15, 0.2) is 0 Å². The molecule has 110 valence electrons. The molecular formula is C13H9F3N2O3. The second-order valence-corrected chi connectivity index (χ2v) is 3.87. The lowest BCUT2D eigenvalue weighted by Crippen LogP contribution is -2.17. The molecule has 1 heterocycles. The summed E-state index contributed by atoms with van der Waals surface area (Å²) in [5.41, 5.74) is -0.00354. The van der Waals surface area contributed by atoms with Gasteiger partial charge in [-0.15, -0.1) is 23.4 Å². The zero-order valence-corrected chi connectivity index (χ0v) is 10.7. The van der Waals surface area contributed by atoms with E-state index in [4.69, 9.17) is 4.74 Å². The minimum atomic E-state index is -4.82. The number of ketones is 1. The number of halogens is 3. The van der Waals surface area contributed by atoms with Crippen molar-refractivity contribution in [3.05, 3.63) is 47.7 Å². The van der Waals surface area contributed by atoms with Gasteiger partial charge in [0.2, 0.25) is 11.7 Å². The van der Waals surface area contributed by atoms with E-state index in [0.717, 1.165) is 12.1 Å². The fourth-order valence-corrected chi connectivity index (χ4v) is 1.53. The van der Waals surface area contributed by atoms with Crippen molar-refractivity contribution in [2.24, 2.45) is 0 Å². The van der Waals surface area contributed by atoms with Gasteiger partial charge in [-0.2, -0.15) is 0 Å². The molecule has 0 bridgehead atoms. The highest BCUT2D eigenvalue weighted by atomic mass is 19.4. The van der Waals surface area contributed by atoms with Crippen LogP contribution in [0.3, 0.4) is 0 Å². The van der Waals surface area contributed by atoms with Crippen molar-refractivity contribution < 1.29 is 27.4 Å². The van der Waals surface area contributed by atoms with E-state index in [-0.39, 0.29) is 17.1 Å². The smallest absolute Gasteiger partial charge is 0.480 e. The number of carbonyl (C=O) groups excluding carboxylic acids is 1. The Morgan fingerprint density at radius 3 is 2.48 bits per heavy atom. The van der Waals surface area contributed by atoms with Crippen LogP contribution in [-0.4, -0.2) is 29.5 Å². The number of hydrogen-bond acceptors (Lipinski definition) is 5. The SMILES string of the molecule is COc1ccc(C(=O)c2cccc(OC(F)(F)F)c2)nn1. The zero-order valence-electron chi connectivity index (χ0n) is 10.7. The van der Waals surface area contributed by atoms with Gasteiger partial charge in [0.1, 0.15) is 11.4 Å². The van der Waals surface area contributed by atoms with Gasteiger partial charge in [0.25, 0.3) is 0 Å². The van der Waals surface area contributed by atoms with Gasteiger partial charge in [-0.3, -0.25) is 4.79 Å². The molecule has 2 aromatic rings. The molecular weight excluding hydrogens is 289 g/mol. The van der Waals surface area contributed by atoms with Gasteiger partial charge in [0.05, 0.1) is 7.11 Å². The summed E-state index contributed by atoms with van der Waals surface area (Å²) >= 11 is 0. The van der Waals surface area contributed by atoms with Gasteiger partial charge in [0, 0.05) is 11.6 Å². The third-order valence-electron chi connectivity index (χ3n) is 2.41. The molecule has 0 saturated heterocycles. The Labute approximate surface area is 117 Å². The first kappa shape index (κ1) is 14.8. The predicted octanol–water partition coefficient (Wildman–Crippen LogP) is 2.61. The third-order valence-corrected chi connectivity index (χ3v) is 2.41. The van der Waals surface area contributed by atoms with Crippen molar-refractivity contribution >= 4 is 5.78 Å². The van der Waals surface area contributed by atoms with E-state index in [1.807, 2.05) is 0 Å². The molecule has 0 unspecified atom stereocenters. The molecule has 2 rings (SSSR count). The normalized spacial score (nSPS) is 11.0. The number of alkyl halides is 3.